The lowest BCUT2D eigenvalue weighted by Crippen LogP contribution is -2.20. The largest absolute Gasteiger partial charge is 0.248 e. The van der Waals surface area contributed by atoms with E-state index in [1.807, 2.05) is 72.8 Å². The van der Waals surface area contributed by atoms with Crippen LogP contribution in [0, 0.1) is 27.7 Å². The van der Waals surface area contributed by atoms with Gasteiger partial charge in [0.25, 0.3) is 0 Å². The van der Waals surface area contributed by atoms with Crippen LogP contribution in [0.3, 0.4) is 0 Å². The molecule has 54 heavy (non-hydrogen) atoms. The summed E-state index contributed by atoms with van der Waals surface area (Å²) in [6.45, 7) is 8.66. The maximum absolute atomic E-state index is 5.24. The Balaban J connectivity index is 1.40. The van der Waals surface area contributed by atoms with Crippen LogP contribution in [0.5, 0.6) is 0 Å². The van der Waals surface area contributed by atoms with Crippen molar-refractivity contribution in [3.05, 3.63) is 201 Å². The van der Waals surface area contributed by atoms with Crippen molar-refractivity contribution < 1.29 is 0 Å². The lowest BCUT2D eigenvalue weighted by atomic mass is 9.93. The van der Waals surface area contributed by atoms with Crippen LogP contribution in [0.2, 0.25) is 0 Å². The zero-order chi connectivity index (χ0) is 36.8. The summed E-state index contributed by atoms with van der Waals surface area (Å²) in [5.74, 6) is 0. The molecule has 0 aliphatic rings. The van der Waals surface area contributed by atoms with E-state index in [4.69, 9.17) is 20.0 Å². The molecule has 0 unspecified atom stereocenters. The predicted octanol–water partition coefficient (Wildman–Crippen LogP) is 11.3. The molecule has 0 heterocycles. The van der Waals surface area contributed by atoms with Crippen molar-refractivity contribution in [1.82, 2.24) is 0 Å². The molecule has 0 atom stereocenters. The zero-order valence-corrected chi connectivity index (χ0v) is 30.8. The summed E-state index contributed by atoms with van der Waals surface area (Å²) in [4.78, 5) is 20.9. The molecular formula is C50H38N4. The van der Waals surface area contributed by atoms with Crippen molar-refractivity contribution in [2.75, 3.05) is 0 Å². The molecule has 0 bridgehead atoms. The van der Waals surface area contributed by atoms with Gasteiger partial charge in [-0.05, 0) is 156 Å². The zero-order valence-electron chi connectivity index (χ0n) is 30.8. The summed E-state index contributed by atoms with van der Waals surface area (Å²) in [7, 11) is 0. The van der Waals surface area contributed by atoms with Gasteiger partial charge in [-0.15, -0.1) is 0 Å². The normalized spacial score (nSPS) is 13.3. The van der Waals surface area contributed by atoms with Crippen molar-refractivity contribution in [2.45, 2.75) is 27.7 Å². The van der Waals surface area contributed by atoms with Gasteiger partial charge in [-0.25, -0.2) is 20.0 Å². The highest BCUT2D eigenvalue weighted by Gasteiger charge is 2.14. The third kappa shape index (κ3) is 6.02. The Morgan fingerprint density at radius 2 is 0.463 bits per heavy atom. The number of hydrogen-bond acceptors (Lipinski definition) is 4. The maximum atomic E-state index is 5.24. The lowest BCUT2D eigenvalue weighted by Gasteiger charge is -2.13. The van der Waals surface area contributed by atoms with E-state index < -0.39 is 0 Å². The molecule has 258 valence electrons. The third-order valence-corrected chi connectivity index (χ3v) is 10.6. The molecule has 0 aliphatic heterocycles. The van der Waals surface area contributed by atoms with Gasteiger partial charge >= 0.3 is 0 Å². The fourth-order valence-corrected chi connectivity index (χ4v) is 7.51. The number of rotatable bonds is 4. The van der Waals surface area contributed by atoms with Gasteiger partial charge in [0.05, 0.1) is 44.2 Å². The van der Waals surface area contributed by atoms with Crippen LogP contribution < -0.4 is 21.4 Å². The molecule has 4 heteroatoms. The summed E-state index contributed by atoms with van der Waals surface area (Å²) >= 11 is 0. The molecule has 0 saturated carbocycles. The number of para-hydroxylation sites is 4. The first-order chi connectivity index (χ1) is 26.4. The minimum Gasteiger partial charge on any atom is -0.248 e. The van der Waals surface area contributed by atoms with Gasteiger partial charge in [-0.2, -0.15) is 0 Å². The molecule has 0 fully saturated rings. The molecule has 4 nitrogen and oxygen atoms in total. The lowest BCUT2D eigenvalue weighted by molar-refractivity contribution is 1.20. The first-order valence-electron chi connectivity index (χ1n) is 18.4. The van der Waals surface area contributed by atoms with Crippen LogP contribution in [0.4, 0.5) is 22.7 Å². The Morgan fingerprint density at radius 3 is 0.667 bits per heavy atom. The number of hydrogen-bond donors (Lipinski definition) is 0. The van der Waals surface area contributed by atoms with E-state index in [2.05, 4.69) is 113 Å². The van der Waals surface area contributed by atoms with Crippen LogP contribution in [-0.4, -0.2) is 0 Å². The van der Waals surface area contributed by atoms with E-state index in [0.717, 1.165) is 110 Å². The van der Waals surface area contributed by atoms with Gasteiger partial charge in [0.15, 0.2) is 0 Å². The highest BCUT2D eigenvalue weighted by molar-refractivity contribution is 6.08. The molecule has 0 aromatic heterocycles. The average Bonchev–Trinajstić information content (AvgIpc) is 3.21. The average molecular weight is 695 g/mol. The Morgan fingerprint density at radius 1 is 0.259 bits per heavy atom. The summed E-state index contributed by atoms with van der Waals surface area (Å²) in [5.41, 5.74) is 8.21. The molecule has 9 aromatic rings. The molecule has 0 N–H and O–H groups in total. The number of benzene rings is 9. The van der Waals surface area contributed by atoms with Crippen molar-refractivity contribution in [3.8, 4) is 0 Å². The van der Waals surface area contributed by atoms with Crippen molar-refractivity contribution in [1.29, 1.82) is 0 Å². The van der Waals surface area contributed by atoms with E-state index in [1.54, 1.807) is 0 Å². The highest BCUT2D eigenvalue weighted by atomic mass is 14.8. The van der Waals surface area contributed by atoms with E-state index in [9.17, 15) is 0 Å². The van der Waals surface area contributed by atoms with Gasteiger partial charge < -0.3 is 0 Å². The summed E-state index contributed by atoms with van der Waals surface area (Å²) < 4.78 is 0. The summed E-state index contributed by atoms with van der Waals surface area (Å²) in [5, 5.41) is 12.8. The first kappa shape index (κ1) is 33.1. The fourth-order valence-electron chi connectivity index (χ4n) is 7.51. The third-order valence-electron chi connectivity index (χ3n) is 10.6. The number of nitrogens with zero attached hydrogens (tertiary/aromatic N) is 4. The molecule has 0 spiro atoms. The van der Waals surface area contributed by atoms with Crippen LogP contribution in [0.15, 0.2) is 178 Å². The second kappa shape index (κ2) is 13.6. The molecule has 9 rings (SSSR count). The van der Waals surface area contributed by atoms with Crippen molar-refractivity contribution in [3.63, 3.8) is 0 Å². The van der Waals surface area contributed by atoms with Gasteiger partial charge in [-0.3, -0.25) is 0 Å². The quantitative estimate of drug-likeness (QED) is 0.165. The van der Waals surface area contributed by atoms with E-state index >= 15 is 0 Å². The van der Waals surface area contributed by atoms with Crippen molar-refractivity contribution in [2.24, 2.45) is 20.0 Å². The number of fused-ring (bicyclic) bond motifs is 4. The van der Waals surface area contributed by atoms with Gasteiger partial charge in [-0.1, -0.05) is 72.8 Å². The maximum Gasteiger partial charge on any atom is 0.0748 e. The topological polar surface area (TPSA) is 49.4 Å². The van der Waals surface area contributed by atoms with Crippen LogP contribution in [-0.2, 0) is 0 Å². The minimum atomic E-state index is 0.927. The van der Waals surface area contributed by atoms with Crippen LogP contribution >= 0.6 is 0 Å². The van der Waals surface area contributed by atoms with E-state index in [0.29, 0.717) is 0 Å². The second-order valence-electron chi connectivity index (χ2n) is 14.0. The summed E-state index contributed by atoms with van der Waals surface area (Å²) in [6, 6.07) is 54.7. The SMILES string of the molecule is Cc1c(C)/c(=N\c2ccccc2)c2cc3cc4cc5/c(=N/c6ccccc6)c(C)c(C)/c(=N\c6ccccc6)c5cc4cc3cc2/c1=N/c1ccccc1. The second-order valence-corrected chi connectivity index (χ2v) is 14.0. The molecule has 0 amide bonds. The first-order valence-corrected chi connectivity index (χ1v) is 18.4. The molecule has 0 saturated heterocycles. The van der Waals surface area contributed by atoms with Crippen LogP contribution in [0.25, 0.3) is 43.1 Å². The van der Waals surface area contributed by atoms with E-state index in [1.165, 1.54) is 0 Å². The Kier molecular flexibility index (Phi) is 8.36. The Hall–Kier alpha value is -6.78. The van der Waals surface area contributed by atoms with Crippen LogP contribution in [0.1, 0.15) is 22.3 Å². The van der Waals surface area contributed by atoms with Crippen molar-refractivity contribution >= 4 is 65.8 Å². The highest BCUT2D eigenvalue weighted by Crippen LogP contribution is 2.30. The molecule has 0 radical (unpaired) electrons. The molecule has 0 aliphatic carbocycles. The monoisotopic (exact) mass is 694 g/mol. The predicted molar refractivity (Wildman–Crippen MR) is 224 cm³/mol. The minimum absolute atomic E-state index is 0.927. The van der Waals surface area contributed by atoms with Gasteiger partial charge in [0, 0.05) is 21.5 Å². The molecular weight excluding hydrogens is 657 g/mol. The molecule has 9 aromatic carbocycles. The Bertz CT molecular complexity index is 2730. The van der Waals surface area contributed by atoms with Gasteiger partial charge in [0.2, 0.25) is 0 Å². The van der Waals surface area contributed by atoms with E-state index in [-0.39, 0.29) is 0 Å². The fraction of sp³-hybridized carbons (Fsp3) is 0.0800. The summed E-state index contributed by atoms with van der Waals surface area (Å²) in [6.07, 6.45) is 0. The van der Waals surface area contributed by atoms with Gasteiger partial charge in [0.1, 0.15) is 0 Å². The Labute approximate surface area is 313 Å². The standard InChI is InChI=1S/C50H38N4/c1-31-32(2)48(52-40-19-11-6-12-20-40)44-28-36-26-38-30-46-45(29-37(38)25-35(36)27-43(44)47(31)51-39-17-9-5-10-18-39)49(53-41-21-13-7-14-22-41)33(3)34(4)50(46)54-42-23-15-8-16-24-42/h5-30H,1-4H3/b51-47+,52-48+,53-49+,54-50+. The smallest absolute Gasteiger partial charge is 0.0748 e.